The summed E-state index contributed by atoms with van der Waals surface area (Å²) < 4.78 is 10.5. The lowest BCUT2D eigenvalue weighted by Crippen LogP contribution is -2.29. The van der Waals surface area contributed by atoms with Crippen molar-refractivity contribution < 1.29 is 14.3 Å². The van der Waals surface area contributed by atoms with Crippen LogP contribution in [0.15, 0.2) is 48.7 Å². The monoisotopic (exact) mass is 504 g/mol. The van der Waals surface area contributed by atoms with Gasteiger partial charge in [-0.2, -0.15) is 0 Å². The van der Waals surface area contributed by atoms with E-state index in [-0.39, 0.29) is 5.97 Å². The Hall–Kier alpha value is -4.11. The second-order valence-corrected chi connectivity index (χ2v) is 8.95. The number of nitrogens with zero attached hydrogens (tertiary/aromatic N) is 4. The lowest BCUT2D eigenvalue weighted by atomic mass is 9.95. The quantitative estimate of drug-likeness (QED) is 0.308. The number of carbonyl (C=O) groups is 1. The van der Waals surface area contributed by atoms with E-state index >= 15 is 0 Å². The van der Waals surface area contributed by atoms with Crippen LogP contribution in [-0.2, 0) is 4.74 Å². The van der Waals surface area contributed by atoms with E-state index in [1.54, 1.807) is 19.4 Å². The molecule has 0 atom stereocenters. The molecule has 0 saturated heterocycles. The van der Waals surface area contributed by atoms with Crippen LogP contribution in [0.1, 0.15) is 34.1 Å². The van der Waals surface area contributed by atoms with Crippen molar-refractivity contribution in [2.24, 2.45) is 0 Å². The normalized spacial score (nSPS) is 11.4. The van der Waals surface area contributed by atoms with Crippen molar-refractivity contribution in [2.45, 2.75) is 13.8 Å². The first-order valence-electron chi connectivity index (χ1n) is 12.0. The molecule has 0 aliphatic rings. The summed E-state index contributed by atoms with van der Waals surface area (Å²) in [5, 5.41) is 3.25. The number of ether oxygens (including phenoxy) is 2. The molecule has 9 nitrogen and oxygen atoms in total. The van der Waals surface area contributed by atoms with Crippen molar-refractivity contribution in [3.63, 3.8) is 0 Å². The Morgan fingerprint density at radius 2 is 1.86 bits per heavy atom. The molecule has 0 amide bonds. The molecule has 1 aromatic heterocycles. The van der Waals surface area contributed by atoms with Gasteiger partial charge in [0.25, 0.3) is 0 Å². The Morgan fingerprint density at radius 1 is 1.11 bits per heavy atom. The zero-order valence-corrected chi connectivity index (χ0v) is 22.6. The number of methoxy groups -OCH3 is 2. The molecule has 3 aromatic rings. The molecular weight excluding hydrogens is 468 g/mol. The van der Waals surface area contributed by atoms with E-state index < -0.39 is 0 Å². The number of hydrogen-bond acceptors (Lipinski definition) is 9. The maximum atomic E-state index is 12.1. The standard InChI is InChI=1S/C28H36N6O3/c1-8-20(21-15-19(27(35)37-7)10-9-18(21)2)23-11-12-30-28(31-23)32-24-16-22(29)25(17-26(24)36-6)34(5)14-13-33(3)4/h8-12,15-17H,13-14,29H2,1-7H3,(H,30,31,32)/b20-8+. The highest BCUT2D eigenvalue weighted by Crippen LogP contribution is 2.36. The summed E-state index contributed by atoms with van der Waals surface area (Å²) >= 11 is 0. The summed E-state index contributed by atoms with van der Waals surface area (Å²) in [6.07, 6.45) is 3.65. The summed E-state index contributed by atoms with van der Waals surface area (Å²) in [7, 11) is 9.07. The zero-order valence-electron chi connectivity index (χ0n) is 22.6. The van der Waals surface area contributed by atoms with E-state index in [1.165, 1.54) is 7.11 Å². The Labute approximate surface area is 218 Å². The lowest BCUT2D eigenvalue weighted by Gasteiger charge is -2.24. The summed E-state index contributed by atoms with van der Waals surface area (Å²) in [4.78, 5) is 25.5. The van der Waals surface area contributed by atoms with E-state index in [0.29, 0.717) is 34.3 Å². The number of nitrogens with two attached hydrogens (primary N) is 1. The first-order chi connectivity index (χ1) is 17.7. The van der Waals surface area contributed by atoms with Crippen LogP contribution in [0.25, 0.3) is 5.57 Å². The summed E-state index contributed by atoms with van der Waals surface area (Å²) in [5.41, 5.74) is 12.5. The average molecular weight is 505 g/mol. The number of esters is 1. The Bertz CT molecular complexity index is 1290. The number of allylic oxidation sites excluding steroid dienone is 1. The molecule has 0 aliphatic carbocycles. The van der Waals surface area contributed by atoms with Gasteiger partial charge < -0.3 is 30.3 Å². The fourth-order valence-electron chi connectivity index (χ4n) is 3.94. The highest BCUT2D eigenvalue weighted by Gasteiger charge is 2.16. The third-order valence-electron chi connectivity index (χ3n) is 6.06. The molecule has 2 aromatic carbocycles. The van der Waals surface area contributed by atoms with Crippen molar-refractivity contribution >= 4 is 34.6 Å². The first kappa shape index (κ1) is 27.5. The van der Waals surface area contributed by atoms with Gasteiger partial charge in [-0.25, -0.2) is 14.8 Å². The topological polar surface area (TPSA) is 106 Å². The highest BCUT2D eigenvalue weighted by molar-refractivity contribution is 5.92. The van der Waals surface area contributed by atoms with E-state index in [1.807, 2.05) is 71.4 Å². The Morgan fingerprint density at radius 3 is 2.51 bits per heavy atom. The fraction of sp³-hybridized carbons (Fsp3) is 0.321. The number of likely N-dealkylation sites (N-methyl/N-ethyl adjacent to an activating group) is 2. The van der Waals surface area contributed by atoms with Crippen LogP contribution in [0, 0.1) is 6.92 Å². The minimum atomic E-state index is -0.387. The number of anilines is 4. The van der Waals surface area contributed by atoms with E-state index in [2.05, 4.69) is 20.1 Å². The van der Waals surface area contributed by atoms with Crippen LogP contribution < -0.4 is 20.7 Å². The van der Waals surface area contributed by atoms with Crippen LogP contribution in [-0.4, -0.2) is 69.3 Å². The smallest absolute Gasteiger partial charge is 0.337 e. The number of aryl methyl sites for hydroxylation is 1. The molecule has 0 unspecified atom stereocenters. The maximum absolute atomic E-state index is 12.1. The lowest BCUT2D eigenvalue weighted by molar-refractivity contribution is 0.0600. The van der Waals surface area contributed by atoms with Crippen LogP contribution >= 0.6 is 0 Å². The summed E-state index contributed by atoms with van der Waals surface area (Å²) in [6.45, 7) is 5.64. The molecule has 0 bridgehead atoms. The third kappa shape index (κ3) is 6.56. The number of nitrogens with one attached hydrogen (secondary N) is 1. The van der Waals surface area contributed by atoms with E-state index in [9.17, 15) is 4.79 Å². The highest BCUT2D eigenvalue weighted by atomic mass is 16.5. The van der Waals surface area contributed by atoms with Crippen molar-refractivity contribution in [3.8, 4) is 5.75 Å². The molecule has 1 heterocycles. The van der Waals surface area contributed by atoms with Crippen LogP contribution in [0.3, 0.4) is 0 Å². The number of rotatable bonds is 10. The van der Waals surface area contributed by atoms with Gasteiger partial charge in [-0.3, -0.25) is 0 Å². The van der Waals surface area contributed by atoms with Gasteiger partial charge in [0.05, 0.1) is 42.5 Å². The number of aromatic nitrogens is 2. The maximum Gasteiger partial charge on any atom is 0.337 e. The molecule has 9 heteroatoms. The molecule has 196 valence electrons. The van der Waals surface area contributed by atoms with Crippen molar-refractivity contribution in [3.05, 3.63) is 71.1 Å². The predicted molar refractivity (Wildman–Crippen MR) is 150 cm³/mol. The van der Waals surface area contributed by atoms with Gasteiger partial charge in [0.15, 0.2) is 0 Å². The number of nitrogen functional groups attached to an aromatic ring is 1. The number of benzene rings is 2. The second kappa shape index (κ2) is 12.2. The minimum Gasteiger partial charge on any atom is -0.494 e. The van der Waals surface area contributed by atoms with Gasteiger partial charge >= 0.3 is 5.97 Å². The molecule has 0 saturated carbocycles. The van der Waals surface area contributed by atoms with Gasteiger partial charge in [0.2, 0.25) is 5.95 Å². The van der Waals surface area contributed by atoms with Crippen LogP contribution in [0.2, 0.25) is 0 Å². The molecule has 0 fully saturated rings. The van der Waals surface area contributed by atoms with Gasteiger partial charge in [0.1, 0.15) is 5.75 Å². The minimum absolute atomic E-state index is 0.387. The van der Waals surface area contributed by atoms with Crippen molar-refractivity contribution in [1.29, 1.82) is 0 Å². The Balaban J connectivity index is 1.93. The second-order valence-electron chi connectivity index (χ2n) is 8.95. The molecular formula is C28H36N6O3. The van der Waals surface area contributed by atoms with Gasteiger partial charge in [-0.05, 0) is 63.3 Å². The number of carbonyl (C=O) groups excluding carboxylic acids is 1. The van der Waals surface area contributed by atoms with Gasteiger partial charge in [0, 0.05) is 38.0 Å². The summed E-state index contributed by atoms with van der Waals surface area (Å²) in [5.74, 6) is 0.634. The molecule has 3 rings (SSSR count). The van der Waals surface area contributed by atoms with E-state index in [4.69, 9.17) is 20.2 Å². The van der Waals surface area contributed by atoms with Crippen molar-refractivity contribution in [1.82, 2.24) is 14.9 Å². The van der Waals surface area contributed by atoms with Crippen LogP contribution in [0.4, 0.5) is 23.0 Å². The SMILES string of the molecule is C/C=C(/c1ccnc(Nc2cc(N)c(N(C)CCN(C)C)cc2OC)n1)c1cc(C(=O)OC)ccc1C. The van der Waals surface area contributed by atoms with E-state index in [0.717, 1.165) is 35.5 Å². The van der Waals surface area contributed by atoms with Gasteiger partial charge in [-0.15, -0.1) is 0 Å². The number of hydrogen-bond donors (Lipinski definition) is 2. The Kier molecular flexibility index (Phi) is 9.08. The molecule has 3 N–H and O–H groups in total. The molecule has 0 aliphatic heterocycles. The molecule has 0 spiro atoms. The predicted octanol–water partition coefficient (Wildman–Crippen LogP) is 4.36. The molecule has 0 radical (unpaired) electrons. The van der Waals surface area contributed by atoms with Crippen LogP contribution in [0.5, 0.6) is 5.75 Å². The third-order valence-corrected chi connectivity index (χ3v) is 6.06. The van der Waals surface area contributed by atoms with Gasteiger partial charge in [-0.1, -0.05) is 12.1 Å². The van der Waals surface area contributed by atoms with Crippen molar-refractivity contribution in [2.75, 3.05) is 64.4 Å². The molecule has 37 heavy (non-hydrogen) atoms. The fourth-order valence-corrected chi connectivity index (χ4v) is 3.94. The zero-order chi connectivity index (χ0) is 27.1. The first-order valence-corrected chi connectivity index (χ1v) is 12.0. The average Bonchev–Trinajstić information content (AvgIpc) is 2.88. The summed E-state index contributed by atoms with van der Waals surface area (Å²) in [6, 6.07) is 11.0. The largest absolute Gasteiger partial charge is 0.494 e.